The molecule has 0 bridgehead atoms. The molecule has 0 aliphatic rings. The van der Waals surface area contributed by atoms with Crippen LogP contribution in [0.5, 0.6) is 0 Å². The fraction of sp³-hybridized carbons (Fsp3) is 0.375. The monoisotopic (exact) mass is 205 g/mol. The first-order chi connectivity index (χ1) is 6.61. The van der Waals surface area contributed by atoms with Crippen LogP contribution in [0.15, 0.2) is 16.7 Å². The predicted molar refractivity (Wildman–Crippen MR) is 43.4 cm³/mol. The number of alkyl halides is 2. The van der Waals surface area contributed by atoms with E-state index in [-0.39, 0.29) is 17.9 Å². The lowest BCUT2D eigenvalue weighted by atomic mass is 10.2. The summed E-state index contributed by atoms with van der Waals surface area (Å²) in [5.41, 5.74) is -0.00762. The van der Waals surface area contributed by atoms with Crippen molar-refractivity contribution in [1.82, 2.24) is 5.32 Å². The van der Waals surface area contributed by atoms with Gasteiger partial charge in [-0.1, -0.05) is 0 Å². The van der Waals surface area contributed by atoms with Gasteiger partial charge in [0.15, 0.2) is 0 Å². The average molecular weight is 205 g/mol. The second kappa shape index (κ2) is 4.71. The van der Waals surface area contributed by atoms with Gasteiger partial charge in [-0.05, 0) is 6.07 Å². The van der Waals surface area contributed by atoms with E-state index in [0.717, 1.165) is 0 Å². The molecule has 0 unspecified atom stereocenters. The molecule has 0 spiro atoms. The van der Waals surface area contributed by atoms with E-state index < -0.39 is 18.9 Å². The predicted octanol–water partition coefficient (Wildman–Crippen LogP) is 1.33. The third kappa shape index (κ3) is 2.81. The zero-order valence-corrected chi connectivity index (χ0v) is 7.17. The summed E-state index contributed by atoms with van der Waals surface area (Å²) in [6.45, 7) is -0.501. The highest BCUT2D eigenvalue weighted by Gasteiger charge is 2.13. The standard InChI is InChI=1S/C8H9F2NO3/c9-7(10)4-11-3-6-5(8(12)13)1-2-14-6/h1-2,7,11H,3-4H2,(H,12,13). The highest BCUT2D eigenvalue weighted by molar-refractivity contribution is 5.88. The van der Waals surface area contributed by atoms with Gasteiger partial charge < -0.3 is 14.8 Å². The maximum Gasteiger partial charge on any atom is 0.339 e. The van der Waals surface area contributed by atoms with E-state index in [1.165, 1.54) is 12.3 Å². The van der Waals surface area contributed by atoms with Gasteiger partial charge >= 0.3 is 5.97 Å². The maximum atomic E-state index is 11.7. The van der Waals surface area contributed by atoms with Crippen LogP contribution >= 0.6 is 0 Å². The zero-order chi connectivity index (χ0) is 10.6. The summed E-state index contributed by atoms with van der Waals surface area (Å²) < 4.78 is 28.2. The van der Waals surface area contributed by atoms with E-state index >= 15 is 0 Å². The van der Waals surface area contributed by atoms with Crippen molar-refractivity contribution < 1.29 is 23.1 Å². The molecule has 4 nitrogen and oxygen atoms in total. The van der Waals surface area contributed by atoms with Crippen LogP contribution in [0.25, 0.3) is 0 Å². The Morgan fingerprint density at radius 1 is 1.64 bits per heavy atom. The summed E-state index contributed by atoms with van der Waals surface area (Å²) in [4.78, 5) is 10.5. The fourth-order valence-electron chi connectivity index (χ4n) is 0.963. The van der Waals surface area contributed by atoms with Crippen molar-refractivity contribution in [2.24, 2.45) is 0 Å². The molecule has 0 amide bonds. The van der Waals surface area contributed by atoms with Crippen LogP contribution in [-0.4, -0.2) is 24.0 Å². The van der Waals surface area contributed by atoms with E-state index in [1.54, 1.807) is 0 Å². The van der Waals surface area contributed by atoms with E-state index in [9.17, 15) is 13.6 Å². The number of carboxylic acids is 1. The third-order valence-corrected chi connectivity index (χ3v) is 1.56. The number of hydrogen-bond acceptors (Lipinski definition) is 3. The molecule has 0 aliphatic carbocycles. The van der Waals surface area contributed by atoms with Gasteiger partial charge in [-0.25, -0.2) is 13.6 Å². The summed E-state index contributed by atoms with van der Waals surface area (Å²) in [7, 11) is 0. The third-order valence-electron chi connectivity index (χ3n) is 1.56. The maximum absolute atomic E-state index is 11.7. The Kier molecular flexibility index (Phi) is 3.58. The van der Waals surface area contributed by atoms with Gasteiger partial charge in [-0.3, -0.25) is 0 Å². The number of furan rings is 1. The molecule has 1 aromatic rings. The molecule has 0 radical (unpaired) electrons. The minimum absolute atomic E-state index is 0.00762. The highest BCUT2D eigenvalue weighted by Crippen LogP contribution is 2.09. The second-order valence-electron chi connectivity index (χ2n) is 2.58. The lowest BCUT2D eigenvalue weighted by Crippen LogP contribution is -2.21. The first-order valence-electron chi connectivity index (χ1n) is 3.89. The van der Waals surface area contributed by atoms with E-state index in [1.807, 2.05) is 0 Å². The number of hydrogen-bond donors (Lipinski definition) is 2. The van der Waals surface area contributed by atoms with Crippen molar-refractivity contribution >= 4 is 5.97 Å². The van der Waals surface area contributed by atoms with Gasteiger partial charge in [0.2, 0.25) is 0 Å². The van der Waals surface area contributed by atoms with Gasteiger partial charge in [-0.2, -0.15) is 0 Å². The summed E-state index contributed by atoms with van der Waals surface area (Å²) in [5, 5.41) is 11.0. The molecule has 78 valence electrons. The molecule has 1 rings (SSSR count). The average Bonchev–Trinajstić information content (AvgIpc) is 2.51. The van der Waals surface area contributed by atoms with Gasteiger partial charge in [0.05, 0.1) is 19.4 Å². The summed E-state index contributed by atoms with van der Waals surface area (Å²) in [5.74, 6) is -0.981. The molecular formula is C8H9F2NO3. The topological polar surface area (TPSA) is 62.5 Å². The Bertz CT molecular complexity index is 311. The Hall–Kier alpha value is -1.43. The number of nitrogens with one attached hydrogen (secondary N) is 1. The fourth-order valence-corrected chi connectivity index (χ4v) is 0.963. The molecule has 0 atom stereocenters. The Morgan fingerprint density at radius 2 is 2.36 bits per heavy atom. The number of carbonyl (C=O) groups is 1. The Labute approximate surface area is 78.5 Å². The van der Waals surface area contributed by atoms with Crippen molar-refractivity contribution in [3.63, 3.8) is 0 Å². The summed E-state index contributed by atoms with van der Waals surface area (Å²) in [6, 6.07) is 1.28. The quantitative estimate of drug-likeness (QED) is 0.761. The molecule has 1 aromatic heterocycles. The molecule has 2 N–H and O–H groups in total. The molecule has 0 aromatic carbocycles. The van der Waals surface area contributed by atoms with Crippen LogP contribution in [0.1, 0.15) is 16.1 Å². The second-order valence-corrected chi connectivity index (χ2v) is 2.58. The lowest BCUT2D eigenvalue weighted by Gasteiger charge is -2.01. The van der Waals surface area contributed by atoms with Crippen LogP contribution in [0, 0.1) is 0 Å². The van der Waals surface area contributed by atoms with Crippen LogP contribution in [0.2, 0.25) is 0 Å². The zero-order valence-electron chi connectivity index (χ0n) is 7.17. The molecule has 0 aliphatic heterocycles. The van der Waals surface area contributed by atoms with Crippen molar-refractivity contribution in [1.29, 1.82) is 0 Å². The first kappa shape index (κ1) is 10.6. The van der Waals surface area contributed by atoms with Gasteiger partial charge in [0, 0.05) is 0 Å². The molecule has 0 saturated heterocycles. The first-order valence-corrected chi connectivity index (χ1v) is 3.89. The van der Waals surface area contributed by atoms with E-state index in [2.05, 4.69) is 5.32 Å². The van der Waals surface area contributed by atoms with Crippen molar-refractivity contribution in [2.75, 3.05) is 6.54 Å². The van der Waals surface area contributed by atoms with Crippen molar-refractivity contribution in [2.45, 2.75) is 13.0 Å². The Balaban J connectivity index is 2.50. The Morgan fingerprint density at radius 3 is 2.93 bits per heavy atom. The largest absolute Gasteiger partial charge is 0.478 e. The number of halogens is 2. The molecule has 6 heteroatoms. The van der Waals surface area contributed by atoms with Crippen LogP contribution in [-0.2, 0) is 6.54 Å². The number of aromatic carboxylic acids is 1. The van der Waals surface area contributed by atoms with Crippen LogP contribution in [0.4, 0.5) is 8.78 Å². The van der Waals surface area contributed by atoms with Crippen molar-refractivity contribution in [3.8, 4) is 0 Å². The molecule has 0 saturated carbocycles. The van der Waals surface area contributed by atoms with E-state index in [4.69, 9.17) is 9.52 Å². The van der Waals surface area contributed by atoms with Gasteiger partial charge in [-0.15, -0.1) is 0 Å². The van der Waals surface area contributed by atoms with E-state index in [0.29, 0.717) is 0 Å². The van der Waals surface area contributed by atoms with Crippen LogP contribution in [0.3, 0.4) is 0 Å². The summed E-state index contributed by atoms with van der Waals surface area (Å²) in [6.07, 6.45) is -1.25. The molecule has 14 heavy (non-hydrogen) atoms. The van der Waals surface area contributed by atoms with Crippen molar-refractivity contribution in [3.05, 3.63) is 23.7 Å². The lowest BCUT2D eigenvalue weighted by molar-refractivity contribution is 0.0694. The van der Waals surface area contributed by atoms with Gasteiger partial charge in [0.1, 0.15) is 11.3 Å². The number of carboxylic acid groups (broad SMARTS) is 1. The summed E-state index contributed by atoms with van der Waals surface area (Å²) >= 11 is 0. The molecule has 0 fully saturated rings. The van der Waals surface area contributed by atoms with Crippen LogP contribution < -0.4 is 5.32 Å². The number of rotatable bonds is 5. The smallest absolute Gasteiger partial charge is 0.339 e. The normalized spacial score (nSPS) is 10.8. The molecule has 1 heterocycles. The SMILES string of the molecule is O=C(O)c1ccoc1CNCC(F)F. The minimum atomic E-state index is -2.46. The minimum Gasteiger partial charge on any atom is -0.478 e. The highest BCUT2D eigenvalue weighted by atomic mass is 19.3. The molecular weight excluding hydrogens is 196 g/mol. The van der Waals surface area contributed by atoms with Gasteiger partial charge in [0.25, 0.3) is 6.43 Å².